The molecule has 5 nitrogen and oxygen atoms in total. The number of fused-ring (bicyclic) bond motifs is 3. The molecule has 1 aliphatic heterocycles. The number of carbonyl (C=O) groups is 2. The van der Waals surface area contributed by atoms with E-state index in [2.05, 4.69) is 9.88 Å². The Labute approximate surface area is 176 Å². The number of hydrogen-bond donors (Lipinski definition) is 0. The Balaban J connectivity index is 1.37. The van der Waals surface area contributed by atoms with Crippen LogP contribution in [0.2, 0.25) is 0 Å². The molecule has 0 spiro atoms. The number of carbonyl (C=O) groups excluding carboxylic acids is 2. The third-order valence-corrected chi connectivity index (χ3v) is 5.97. The number of ketones is 1. The van der Waals surface area contributed by atoms with E-state index in [4.69, 9.17) is 0 Å². The Morgan fingerprint density at radius 2 is 1.63 bits per heavy atom. The van der Waals surface area contributed by atoms with Crippen LogP contribution in [-0.4, -0.2) is 52.7 Å². The van der Waals surface area contributed by atoms with Gasteiger partial charge >= 0.3 is 0 Å². The van der Waals surface area contributed by atoms with Crippen molar-refractivity contribution in [3.05, 3.63) is 89.2 Å². The van der Waals surface area contributed by atoms with Gasteiger partial charge in [0.15, 0.2) is 5.78 Å². The van der Waals surface area contributed by atoms with E-state index in [0.717, 1.165) is 49.4 Å². The van der Waals surface area contributed by atoms with Crippen molar-refractivity contribution < 1.29 is 9.59 Å². The smallest absolute Gasteiger partial charge is 0.254 e. The molecule has 2 aromatic carbocycles. The van der Waals surface area contributed by atoms with Crippen LogP contribution in [0, 0.1) is 0 Å². The van der Waals surface area contributed by atoms with Gasteiger partial charge in [-0.1, -0.05) is 42.5 Å². The summed E-state index contributed by atoms with van der Waals surface area (Å²) in [6.45, 7) is 3.94. The summed E-state index contributed by atoms with van der Waals surface area (Å²) in [5, 5.41) is 0. The molecule has 30 heavy (non-hydrogen) atoms. The van der Waals surface area contributed by atoms with E-state index in [-0.39, 0.29) is 11.7 Å². The van der Waals surface area contributed by atoms with Gasteiger partial charge in [0.05, 0.1) is 5.69 Å². The number of benzene rings is 2. The van der Waals surface area contributed by atoms with Crippen molar-refractivity contribution in [3.63, 3.8) is 0 Å². The number of amides is 1. The quantitative estimate of drug-likeness (QED) is 0.530. The van der Waals surface area contributed by atoms with Crippen LogP contribution in [-0.2, 0) is 6.54 Å². The molecule has 3 aromatic rings. The van der Waals surface area contributed by atoms with Gasteiger partial charge in [-0.05, 0) is 30.2 Å². The second-order valence-electron chi connectivity index (χ2n) is 7.85. The molecular formula is C25H23N3O2. The van der Waals surface area contributed by atoms with Crippen molar-refractivity contribution in [2.24, 2.45) is 0 Å². The molecule has 1 saturated heterocycles. The highest BCUT2D eigenvalue weighted by Gasteiger charge is 2.31. The van der Waals surface area contributed by atoms with Gasteiger partial charge < -0.3 is 4.90 Å². The van der Waals surface area contributed by atoms with Crippen molar-refractivity contribution in [2.75, 3.05) is 26.2 Å². The molecule has 2 heterocycles. The summed E-state index contributed by atoms with van der Waals surface area (Å²) in [4.78, 5) is 35.0. The van der Waals surface area contributed by atoms with E-state index in [9.17, 15) is 9.59 Å². The van der Waals surface area contributed by atoms with Crippen LogP contribution in [0.1, 0.15) is 38.4 Å². The fourth-order valence-electron chi connectivity index (χ4n) is 4.48. The summed E-state index contributed by atoms with van der Waals surface area (Å²) >= 11 is 0. The van der Waals surface area contributed by atoms with Crippen LogP contribution >= 0.6 is 0 Å². The summed E-state index contributed by atoms with van der Waals surface area (Å²) in [5.41, 5.74) is 4.65. The zero-order chi connectivity index (χ0) is 20.5. The number of pyridine rings is 1. The van der Waals surface area contributed by atoms with Gasteiger partial charge in [-0.25, -0.2) is 0 Å². The van der Waals surface area contributed by atoms with E-state index in [1.165, 1.54) is 0 Å². The lowest BCUT2D eigenvalue weighted by Crippen LogP contribution is -2.35. The number of rotatable bonds is 3. The van der Waals surface area contributed by atoms with Crippen molar-refractivity contribution >= 4 is 11.7 Å². The summed E-state index contributed by atoms with van der Waals surface area (Å²) in [7, 11) is 0. The number of aromatic nitrogens is 1. The van der Waals surface area contributed by atoms with Gasteiger partial charge in [0.2, 0.25) is 0 Å². The van der Waals surface area contributed by atoms with Crippen molar-refractivity contribution in [1.82, 2.24) is 14.8 Å². The van der Waals surface area contributed by atoms with E-state index in [0.29, 0.717) is 23.2 Å². The first-order chi connectivity index (χ1) is 14.7. The Morgan fingerprint density at radius 1 is 0.833 bits per heavy atom. The average Bonchev–Trinajstić information content (AvgIpc) is 2.92. The maximum absolute atomic E-state index is 13.5. The first-order valence-corrected chi connectivity index (χ1v) is 10.4. The molecule has 150 valence electrons. The minimum atomic E-state index is 0.00709. The molecule has 0 N–H and O–H groups in total. The van der Waals surface area contributed by atoms with Gasteiger partial charge in [0.1, 0.15) is 0 Å². The molecule has 1 fully saturated rings. The highest BCUT2D eigenvalue weighted by molar-refractivity contribution is 6.24. The summed E-state index contributed by atoms with van der Waals surface area (Å²) in [6.07, 6.45) is 2.74. The maximum Gasteiger partial charge on any atom is 0.254 e. The molecule has 1 aromatic heterocycles. The summed E-state index contributed by atoms with van der Waals surface area (Å²) < 4.78 is 0. The fourth-order valence-corrected chi connectivity index (χ4v) is 4.48. The molecule has 0 saturated carbocycles. The SMILES string of the molecule is O=C1c2ccccc2-c2c1cccc2C(=O)N1CCCN(Cc2ccccn2)CC1. The predicted octanol–water partition coefficient (Wildman–Crippen LogP) is 3.64. The van der Waals surface area contributed by atoms with Gasteiger partial charge in [-0.2, -0.15) is 0 Å². The van der Waals surface area contributed by atoms with Crippen LogP contribution in [0.15, 0.2) is 66.9 Å². The molecule has 5 heteroatoms. The second kappa shape index (κ2) is 7.84. The normalized spacial score (nSPS) is 16.1. The Morgan fingerprint density at radius 3 is 2.47 bits per heavy atom. The average molecular weight is 397 g/mol. The van der Waals surface area contributed by atoms with Crippen LogP contribution < -0.4 is 0 Å². The van der Waals surface area contributed by atoms with Crippen molar-refractivity contribution in [1.29, 1.82) is 0 Å². The zero-order valence-corrected chi connectivity index (χ0v) is 16.8. The van der Waals surface area contributed by atoms with E-state index < -0.39 is 0 Å². The van der Waals surface area contributed by atoms with Gasteiger partial charge in [0, 0.05) is 61.2 Å². The van der Waals surface area contributed by atoms with Crippen LogP contribution in [0.4, 0.5) is 0 Å². The van der Waals surface area contributed by atoms with Gasteiger partial charge in [-0.3, -0.25) is 19.5 Å². The molecular weight excluding hydrogens is 374 g/mol. The van der Waals surface area contributed by atoms with E-state index in [1.807, 2.05) is 71.8 Å². The molecule has 2 aliphatic rings. The van der Waals surface area contributed by atoms with Crippen LogP contribution in [0.3, 0.4) is 0 Å². The summed E-state index contributed by atoms with van der Waals surface area (Å²) in [6, 6.07) is 19.0. The third-order valence-electron chi connectivity index (χ3n) is 5.97. The molecule has 0 atom stereocenters. The second-order valence-corrected chi connectivity index (χ2v) is 7.85. The topological polar surface area (TPSA) is 53.5 Å². The largest absolute Gasteiger partial charge is 0.337 e. The van der Waals surface area contributed by atoms with Gasteiger partial charge in [-0.15, -0.1) is 0 Å². The predicted molar refractivity (Wildman–Crippen MR) is 115 cm³/mol. The number of nitrogens with zero attached hydrogens (tertiary/aromatic N) is 3. The van der Waals surface area contributed by atoms with Crippen LogP contribution in [0.25, 0.3) is 11.1 Å². The fraction of sp³-hybridized carbons (Fsp3) is 0.240. The first-order valence-electron chi connectivity index (χ1n) is 10.4. The minimum absolute atomic E-state index is 0.00709. The zero-order valence-electron chi connectivity index (χ0n) is 16.8. The first kappa shape index (κ1) is 18.7. The lowest BCUT2D eigenvalue weighted by Gasteiger charge is -2.23. The Hall–Kier alpha value is -3.31. The minimum Gasteiger partial charge on any atom is -0.337 e. The Kier molecular flexibility index (Phi) is 4.89. The maximum atomic E-state index is 13.5. The molecule has 5 rings (SSSR count). The summed E-state index contributed by atoms with van der Waals surface area (Å²) in [5.74, 6) is 0.0173. The lowest BCUT2D eigenvalue weighted by molar-refractivity contribution is 0.0762. The van der Waals surface area contributed by atoms with E-state index >= 15 is 0 Å². The lowest BCUT2D eigenvalue weighted by atomic mass is 9.98. The Bertz CT molecular complexity index is 1110. The standard InChI is InChI=1S/C25H23N3O2/c29-24-20-9-2-1-8-19(20)23-21(24)10-5-11-22(23)25(30)28-14-6-13-27(15-16-28)17-18-7-3-4-12-26-18/h1-5,7-12H,6,13-17H2. The number of hydrogen-bond acceptors (Lipinski definition) is 4. The molecule has 1 aliphatic carbocycles. The third kappa shape index (κ3) is 3.31. The molecule has 0 radical (unpaired) electrons. The molecule has 1 amide bonds. The highest BCUT2D eigenvalue weighted by Crippen LogP contribution is 2.39. The molecule has 0 bridgehead atoms. The van der Waals surface area contributed by atoms with E-state index in [1.54, 1.807) is 0 Å². The monoisotopic (exact) mass is 397 g/mol. The van der Waals surface area contributed by atoms with Crippen molar-refractivity contribution in [3.8, 4) is 11.1 Å². The van der Waals surface area contributed by atoms with Gasteiger partial charge in [0.25, 0.3) is 5.91 Å². The van der Waals surface area contributed by atoms with Crippen molar-refractivity contribution in [2.45, 2.75) is 13.0 Å². The van der Waals surface area contributed by atoms with Crippen LogP contribution in [0.5, 0.6) is 0 Å². The highest BCUT2D eigenvalue weighted by atomic mass is 16.2. The molecule has 0 unspecified atom stereocenters.